The van der Waals surface area contributed by atoms with E-state index in [4.69, 9.17) is 14.7 Å². The second-order valence-electron chi connectivity index (χ2n) is 5.35. The van der Waals surface area contributed by atoms with Gasteiger partial charge in [-0.2, -0.15) is 5.26 Å². The lowest BCUT2D eigenvalue weighted by Gasteiger charge is -2.11. The topological polar surface area (TPSA) is 118 Å². The van der Waals surface area contributed by atoms with Crippen LogP contribution in [0.4, 0.5) is 4.79 Å². The molecule has 0 radical (unpaired) electrons. The number of amides is 3. The van der Waals surface area contributed by atoms with Gasteiger partial charge >= 0.3 is 12.0 Å². The maximum atomic E-state index is 11.9. The number of methoxy groups -OCH3 is 1. The summed E-state index contributed by atoms with van der Waals surface area (Å²) in [5.74, 6) is -1.11. The van der Waals surface area contributed by atoms with Gasteiger partial charge in [0.15, 0.2) is 6.61 Å². The van der Waals surface area contributed by atoms with Crippen LogP contribution in [-0.2, 0) is 14.3 Å². The fourth-order valence-electron chi connectivity index (χ4n) is 1.74. The maximum Gasteiger partial charge on any atom is 0.349 e. The van der Waals surface area contributed by atoms with E-state index >= 15 is 0 Å². The zero-order chi connectivity index (χ0) is 19.5. The van der Waals surface area contributed by atoms with E-state index in [9.17, 15) is 14.4 Å². The van der Waals surface area contributed by atoms with Crippen molar-refractivity contribution in [2.24, 2.45) is 0 Å². The maximum absolute atomic E-state index is 11.9. The van der Waals surface area contributed by atoms with Crippen molar-refractivity contribution in [2.45, 2.75) is 26.3 Å². The van der Waals surface area contributed by atoms with Crippen LogP contribution < -0.4 is 15.4 Å². The third-order valence-corrected chi connectivity index (χ3v) is 3.34. The summed E-state index contributed by atoms with van der Waals surface area (Å²) in [6.07, 6.45) is 2.04. The Labute approximate surface area is 151 Å². The number of imide groups is 1. The first-order valence-corrected chi connectivity index (χ1v) is 7.92. The van der Waals surface area contributed by atoms with Crippen LogP contribution in [0, 0.1) is 11.3 Å². The Kier molecular flexibility index (Phi) is 8.37. The predicted molar refractivity (Wildman–Crippen MR) is 94.0 cm³/mol. The Morgan fingerprint density at radius 1 is 1.27 bits per heavy atom. The number of hydrogen-bond acceptors (Lipinski definition) is 6. The molecule has 3 amide bonds. The normalized spacial score (nSPS) is 11.7. The van der Waals surface area contributed by atoms with Crippen LogP contribution in [-0.4, -0.2) is 37.7 Å². The Bertz CT molecular complexity index is 719. The summed E-state index contributed by atoms with van der Waals surface area (Å²) in [5, 5.41) is 13.7. The monoisotopic (exact) mass is 359 g/mol. The van der Waals surface area contributed by atoms with Crippen molar-refractivity contribution in [3.05, 3.63) is 35.4 Å². The standard InChI is InChI=1S/C18H21N3O5/c1-4-12(2)20-18(24)21-16(22)11-26-17(23)14(10-19)9-13-5-7-15(25-3)8-6-13/h5-9,12H,4,11H2,1-3H3,(H2,20,21,22,24)/b14-9+/t12-/m1/s1. The Morgan fingerprint density at radius 3 is 2.46 bits per heavy atom. The highest BCUT2D eigenvalue weighted by atomic mass is 16.5. The number of ether oxygens (including phenoxy) is 2. The number of nitriles is 1. The van der Waals surface area contributed by atoms with E-state index in [0.29, 0.717) is 17.7 Å². The summed E-state index contributed by atoms with van der Waals surface area (Å²) in [6, 6.07) is 7.63. The van der Waals surface area contributed by atoms with Crippen molar-refractivity contribution < 1.29 is 23.9 Å². The highest BCUT2D eigenvalue weighted by molar-refractivity contribution is 6.00. The minimum atomic E-state index is -0.958. The molecule has 0 aromatic heterocycles. The highest BCUT2D eigenvalue weighted by Gasteiger charge is 2.15. The van der Waals surface area contributed by atoms with Crippen molar-refractivity contribution in [1.29, 1.82) is 5.26 Å². The first-order chi connectivity index (χ1) is 12.4. The van der Waals surface area contributed by atoms with E-state index in [0.717, 1.165) is 0 Å². The van der Waals surface area contributed by atoms with Gasteiger partial charge in [0.2, 0.25) is 0 Å². The van der Waals surface area contributed by atoms with Crippen molar-refractivity contribution in [3.63, 3.8) is 0 Å². The number of urea groups is 1. The Hall–Kier alpha value is -3.34. The van der Waals surface area contributed by atoms with Gasteiger partial charge in [-0.05, 0) is 37.1 Å². The molecule has 0 saturated carbocycles. The van der Waals surface area contributed by atoms with E-state index in [1.54, 1.807) is 37.3 Å². The van der Waals surface area contributed by atoms with Crippen LogP contribution in [0.15, 0.2) is 29.8 Å². The lowest BCUT2D eigenvalue weighted by atomic mass is 10.1. The quantitative estimate of drug-likeness (QED) is 0.435. The lowest BCUT2D eigenvalue weighted by molar-refractivity contribution is -0.144. The second-order valence-corrected chi connectivity index (χ2v) is 5.35. The summed E-state index contributed by atoms with van der Waals surface area (Å²) in [5.41, 5.74) is 0.323. The van der Waals surface area contributed by atoms with Crippen LogP contribution >= 0.6 is 0 Å². The summed E-state index contributed by atoms with van der Waals surface area (Å²) >= 11 is 0. The van der Waals surface area contributed by atoms with Gasteiger partial charge < -0.3 is 14.8 Å². The molecule has 138 valence electrons. The van der Waals surface area contributed by atoms with Gasteiger partial charge in [0.05, 0.1) is 7.11 Å². The van der Waals surface area contributed by atoms with Gasteiger partial charge in [-0.3, -0.25) is 10.1 Å². The first-order valence-electron chi connectivity index (χ1n) is 7.92. The molecule has 1 atom stereocenters. The van der Waals surface area contributed by atoms with Gasteiger partial charge in [0, 0.05) is 6.04 Å². The van der Waals surface area contributed by atoms with Gasteiger partial charge in [0.25, 0.3) is 5.91 Å². The third-order valence-electron chi connectivity index (χ3n) is 3.34. The molecule has 0 saturated heterocycles. The smallest absolute Gasteiger partial charge is 0.349 e. The molecule has 8 heteroatoms. The molecule has 0 aliphatic carbocycles. The molecule has 0 bridgehead atoms. The van der Waals surface area contributed by atoms with Crippen molar-refractivity contribution >= 4 is 24.0 Å². The predicted octanol–water partition coefficient (Wildman–Crippen LogP) is 1.77. The second kappa shape index (κ2) is 10.5. The molecule has 1 rings (SSSR count). The summed E-state index contributed by atoms with van der Waals surface area (Å²) in [7, 11) is 1.52. The number of benzene rings is 1. The molecule has 0 aliphatic rings. The largest absolute Gasteiger partial charge is 0.497 e. The zero-order valence-corrected chi connectivity index (χ0v) is 14.9. The minimum Gasteiger partial charge on any atom is -0.497 e. The van der Waals surface area contributed by atoms with E-state index in [2.05, 4.69) is 5.32 Å². The van der Waals surface area contributed by atoms with Crippen LogP contribution in [0.3, 0.4) is 0 Å². The van der Waals surface area contributed by atoms with Crippen molar-refractivity contribution in [1.82, 2.24) is 10.6 Å². The third kappa shape index (κ3) is 7.05. The van der Waals surface area contributed by atoms with Crippen LogP contribution in [0.1, 0.15) is 25.8 Å². The zero-order valence-electron chi connectivity index (χ0n) is 14.9. The molecule has 0 spiro atoms. The fourth-order valence-corrected chi connectivity index (χ4v) is 1.74. The highest BCUT2D eigenvalue weighted by Crippen LogP contribution is 2.14. The van der Waals surface area contributed by atoms with Crippen molar-refractivity contribution in [3.8, 4) is 11.8 Å². The Morgan fingerprint density at radius 2 is 1.92 bits per heavy atom. The van der Waals surface area contributed by atoms with E-state index < -0.39 is 24.5 Å². The first kappa shape index (κ1) is 20.7. The van der Waals surface area contributed by atoms with Gasteiger partial charge in [-0.15, -0.1) is 0 Å². The minimum absolute atomic E-state index is 0.0945. The number of carbonyl (C=O) groups is 3. The van der Waals surface area contributed by atoms with Crippen LogP contribution in [0.25, 0.3) is 6.08 Å². The molecule has 0 fully saturated rings. The summed E-state index contributed by atoms with van der Waals surface area (Å²) < 4.78 is 9.78. The summed E-state index contributed by atoms with van der Waals surface area (Å²) in [4.78, 5) is 35.0. The molecule has 8 nitrogen and oxygen atoms in total. The molecule has 0 unspecified atom stereocenters. The van der Waals surface area contributed by atoms with Gasteiger partial charge in [-0.1, -0.05) is 19.1 Å². The van der Waals surface area contributed by atoms with E-state index in [1.165, 1.54) is 13.2 Å². The van der Waals surface area contributed by atoms with Crippen LogP contribution in [0.2, 0.25) is 0 Å². The Balaban J connectivity index is 2.58. The SMILES string of the molecule is CC[C@@H](C)NC(=O)NC(=O)COC(=O)/C(C#N)=C/c1ccc(OC)cc1. The van der Waals surface area contributed by atoms with Crippen LogP contribution in [0.5, 0.6) is 5.75 Å². The molecule has 26 heavy (non-hydrogen) atoms. The van der Waals surface area contributed by atoms with Crippen molar-refractivity contribution in [2.75, 3.05) is 13.7 Å². The average Bonchev–Trinajstić information content (AvgIpc) is 2.64. The van der Waals surface area contributed by atoms with E-state index in [1.807, 2.05) is 12.2 Å². The molecule has 2 N–H and O–H groups in total. The average molecular weight is 359 g/mol. The molecule has 0 heterocycles. The number of carbonyl (C=O) groups excluding carboxylic acids is 3. The summed E-state index contributed by atoms with van der Waals surface area (Å²) in [6.45, 7) is 2.99. The number of hydrogen-bond donors (Lipinski definition) is 2. The molecule has 1 aromatic rings. The molecule has 1 aromatic carbocycles. The van der Waals surface area contributed by atoms with E-state index in [-0.39, 0.29) is 11.6 Å². The fraction of sp³-hybridized carbons (Fsp3) is 0.333. The molecule has 0 aliphatic heterocycles. The number of esters is 1. The number of nitrogens with zero attached hydrogens (tertiary/aromatic N) is 1. The van der Waals surface area contributed by atoms with Gasteiger partial charge in [0.1, 0.15) is 17.4 Å². The number of rotatable bonds is 7. The molecular formula is C18H21N3O5. The molecular weight excluding hydrogens is 338 g/mol. The number of nitrogens with one attached hydrogen (secondary N) is 2. The lowest BCUT2D eigenvalue weighted by Crippen LogP contribution is -2.44. The van der Waals surface area contributed by atoms with Gasteiger partial charge in [-0.25, -0.2) is 9.59 Å².